The first-order valence-corrected chi connectivity index (χ1v) is 16.3. The van der Waals surface area contributed by atoms with Crippen LogP contribution in [0, 0.1) is 23.7 Å². The number of fused-ring (bicyclic) bond motifs is 4. The molecule has 0 spiro atoms. The van der Waals surface area contributed by atoms with Crippen LogP contribution in [-0.2, 0) is 24.6 Å². The molecule has 8 rings (SSSR count). The van der Waals surface area contributed by atoms with E-state index in [4.69, 9.17) is 16.3 Å². The Labute approximate surface area is 282 Å². The van der Waals surface area contributed by atoms with Crippen LogP contribution < -0.4 is 14.5 Å². The summed E-state index contributed by atoms with van der Waals surface area (Å²) in [7, 11) is 1.45. The molecule has 2 aliphatic carbocycles. The zero-order chi connectivity index (χ0) is 33.3. The second-order valence-corrected chi connectivity index (χ2v) is 13.3. The van der Waals surface area contributed by atoms with Crippen molar-refractivity contribution in [2.45, 2.75) is 24.2 Å². The summed E-state index contributed by atoms with van der Waals surface area (Å²) in [6.45, 7) is 0. The highest BCUT2D eigenvalue weighted by atomic mass is 35.5. The number of aromatic hydroxyl groups is 1. The van der Waals surface area contributed by atoms with Gasteiger partial charge in [-0.3, -0.25) is 24.1 Å². The number of hydrogen-bond donors (Lipinski definition) is 1. The van der Waals surface area contributed by atoms with Crippen LogP contribution in [0.3, 0.4) is 0 Å². The zero-order valence-corrected chi connectivity index (χ0v) is 26.7. The molecular formula is C39H31ClN2O6. The Kier molecular flexibility index (Phi) is 7.03. The molecule has 1 N–H and O–H groups in total. The number of rotatable bonds is 5. The predicted octanol–water partition coefficient (Wildman–Crippen LogP) is 6.42. The third kappa shape index (κ3) is 4.08. The fourth-order valence-corrected chi connectivity index (χ4v) is 9.04. The molecule has 3 fully saturated rings. The quantitative estimate of drug-likeness (QED) is 0.196. The summed E-state index contributed by atoms with van der Waals surface area (Å²) < 4.78 is 5.53. The van der Waals surface area contributed by atoms with Crippen LogP contribution in [0.15, 0.2) is 115 Å². The summed E-state index contributed by atoms with van der Waals surface area (Å²) in [6.07, 6.45) is 2.41. The number of methoxy groups -OCH3 is 1. The van der Waals surface area contributed by atoms with E-state index in [0.29, 0.717) is 27.5 Å². The minimum Gasteiger partial charge on any atom is -0.504 e. The van der Waals surface area contributed by atoms with Crippen LogP contribution in [-0.4, -0.2) is 35.8 Å². The van der Waals surface area contributed by atoms with E-state index in [9.17, 15) is 19.5 Å². The van der Waals surface area contributed by atoms with Crippen molar-refractivity contribution in [2.75, 3.05) is 16.9 Å². The molecule has 1 saturated carbocycles. The largest absolute Gasteiger partial charge is 0.504 e. The number of amides is 4. The van der Waals surface area contributed by atoms with Crippen molar-refractivity contribution >= 4 is 46.6 Å². The summed E-state index contributed by atoms with van der Waals surface area (Å²) in [5, 5.41) is 12.1. The van der Waals surface area contributed by atoms with Crippen molar-refractivity contribution in [3.05, 3.63) is 131 Å². The van der Waals surface area contributed by atoms with Crippen molar-refractivity contribution in [2.24, 2.45) is 23.7 Å². The third-order valence-corrected chi connectivity index (χ3v) is 11.0. The summed E-state index contributed by atoms with van der Waals surface area (Å²) in [5.74, 6) is -5.11. The van der Waals surface area contributed by atoms with Crippen molar-refractivity contribution in [1.29, 1.82) is 0 Å². The molecule has 48 heavy (non-hydrogen) atoms. The Morgan fingerprint density at radius 2 is 1.46 bits per heavy atom. The number of nitrogens with zero attached hydrogens (tertiary/aromatic N) is 2. The van der Waals surface area contributed by atoms with Gasteiger partial charge in [-0.05, 0) is 60.7 Å². The lowest BCUT2D eigenvalue weighted by molar-refractivity contribution is -0.127. The molecule has 0 unspecified atom stereocenters. The van der Waals surface area contributed by atoms with Crippen molar-refractivity contribution < 1.29 is 29.0 Å². The van der Waals surface area contributed by atoms with E-state index in [-0.39, 0.29) is 36.2 Å². The summed E-state index contributed by atoms with van der Waals surface area (Å²) in [6, 6.07) is 29.8. The normalized spacial score (nSPS) is 27.8. The van der Waals surface area contributed by atoms with E-state index in [1.54, 1.807) is 66.7 Å². The molecule has 4 aromatic rings. The minimum absolute atomic E-state index is 0.149. The number of carbonyl (C=O) groups excluding carboxylic acids is 4. The molecule has 0 radical (unpaired) electrons. The highest BCUT2D eigenvalue weighted by Gasteiger charge is 2.70. The summed E-state index contributed by atoms with van der Waals surface area (Å²) in [5.41, 5.74) is 1.12. The van der Waals surface area contributed by atoms with Gasteiger partial charge in [-0.25, -0.2) is 4.90 Å². The number of phenolic OH excluding ortho intramolecular Hbond substituents is 1. The number of ether oxygens (including phenoxy) is 1. The second kappa shape index (κ2) is 11.2. The first kappa shape index (κ1) is 30.1. The molecule has 2 aliphatic heterocycles. The summed E-state index contributed by atoms with van der Waals surface area (Å²) in [4.78, 5) is 60.8. The van der Waals surface area contributed by atoms with E-state index in [0.717, 1.165) is 5.57 Å². The van der Waals surface area contributed by atoms with E-state index < -0.39 is 46.8 Å². The molecule has 0 bridgehead atoms. The molecule has 6 atom stereocenters. The Hall–Kier alpha value is -5.21. The maximum atomic E-state index is 15.3. The fraction of sp³-hybridized carbons (Fsp3) is 0.231. The van der Waals surface area contributed by atoms with Crippen LogP contribution in [0.5, 0.6) is 11.5 Å². The Morgan fingerprint density at radius 3 is 2.17 bits per heavy atom. The maximum Gasteiger partial charge on any atom is 0.246 e. The molecule has 4 amide bonds. The Balaban J connectivity index is 1.38. The molecule has 4 aromatic carbocycles. The average molecular weight is 659 g/mol. The van der Waals surface area contributed by atoms with Gasteiger partial charge in [0.1, 0.15) is 0 Å². The van der Waals surface area contributed by atoms with Crippen LogP contribution in [0.25, 0.3) is 0 Å². The highest BCUT2D eigenvalue weighted by Crippen LogP contribution is 2.65. The van der Waals surface area contributed by atoms with Gasteiger partial charge < -0.3 is 9.84 Å². The van der Waals surface area contributed by atoms with Gasteiger partial charge in [-0.2, -0.15) is 0 Å². The van der Waals surface area contributed by atoms with Crippen molar-refractivity contribution in [1.82, 2.24) is 0 Å². The smallest absolute Gasteiger partial charge is 0.246 e. The van der Waals surface area contributed by atoms with Crippen molar-refractivity contribution in [3.8, 4) is 11.5 Å². The number of carbonyl (C=O) groups is 4. The molecule has 8 nitrogen and oxygen atoms in total. The molecule has 9 heteroatoms. The lowest BCUT2D eigenvalue weighted by Crippen LogP contribution is -2.53. The standard InChI is InChI=1S/C39H31ClN2O6/c1-48-31-17-9-16-28(34(31)43)33-26-18-19-27-32(37(46)41(35(27)44)24-13-6-3-7-14-24)29(26)21-30-36(45)42(25-15-8-12-23(40)20-25)38(47)39(30,33)22-10-4-2-5-11-22/h2-18,20,27,29-30,32-33,43H,19,21H2,1H3/t27-,29+,30-,32-,33+,39+/m0/s1. The molecule has 2 heterocycles. The van der Waals surface area contributed by atoms with Crippen LogP contribution in [0.1, 0.15) is 29.9 Å². The van der Waals surface area contributed by atoms with Gasteiger partial charge in [0.05, 0.1) is 41.7 Å². The second-order valence-electron chi connectivity index (χ2n) is 12.8. The first-order chi connectivity index (χ1) is 23.3. The monoisotopic (exact) mass is 658 g/mol. The van der Waals surface area contributed by atoms with E-state index in [1.165, 1.54) is 16.9 Å². The van der Waals surface area contributed by atoms with Gasteiger partial charge in [0.25, 0.3) is 0 Å². The maximum absolute atomic E-state index is 15.3. The van der Waals surface area contributed by atoms with Gasteiger partial charge in [0.15, 0.2) is 11.5 Å². The predicted molar refractivity (Wildman–Crippen MR) is 180 cm³/mol. The zero-order valence-electron chi connectivity index (χ0n) is 26.0. The number of allylic oxidation sites excluding steroid dienone is 2. The number of halogens is 1. The molecule has 0 aromatic heterocycles. The van der Waals surface area contributed by atoms with Crippen LogP contribution in [0.4, 0.5) is 11.4 Å². The SMILES string of the molecule is COc1cccc([C@H]2C3=CC[C@@H]4C(=O)N(c5ccccc5)C(=O)[C@@H]4[C@@H]3C[C@H]3C(=O)N(c4cccc(Cl)c4)C(=O)[C@@]23c2ccccc2)c1O. The number of anilines is 2. The van der Waals surface area contributed by atoms with Crippen molar-refractivity contribution in [3.63, 3.8) is 0 Å². The lowest BCUT2D eigenvalue weighted by atomic mass is 9.49. The lowest BCUT2D eigenvalue weighted by Gasteiger charge is -2.50. The molecule has 2 saturated heterocycles. The molecular weight excluding hydrogens is 628 g/mol. The number of para-hydroxylation sites is 2. The van der Waals surface area contributed by atoms with E-state index in [1.807, 2.05) is 42.5 Å². The number of phenols is 1. The first-order valence-electron chi connectivity index (χ1n) is 16.0. The Morgan fingerprint density at radius 1 is 0.771 bits per heavy atom. The van der Waals surface area contributed by atoms with E-state index >= 15 is 4.79 Å². The van der Waals surface area contributed by atoms with Gasteiger partial charge in [0.2, 0.25) is 23.6 Å². The van der Waals surface area contributed by atoms with Crippen LogP contribution >= 0.6 is 11.6 Å². The number of imide groups is 2. The van der Waals surface area contributed by atoms with Gasteiger partial charge in [-0.15, -0.1) is 0 Å². The number of benzene rings is 4. The van der Waals surface area contributed by atoms with Crippen LogP contribution in [0.2, 0.25) is 5.02 Å². The number of hydrogen-bond acceptors (Lipinski definition) is 6. The molecule has 4 aliphatic rings. The fourth-order valence-electron chi connectivity index (χ4n) is 8.86. The topological polar surface area (TPSA) is 104 Å². The van der Waals surface area contributed by atoms with E-state index in [2.05, 4.69) is 0 Å². The van der Waals surface area contributed by atoms with Gasteiger partial charge in [-0.1, -0.05) is 90.0 Å². The Bertz CT molecular complexity index is 2030. The highest BCUT2D eigenvalue weighted by molar-refractivity contribution is 6.32. The molecule has 240 valence electrons. The third-order valence-electron chi connectivity index (χ3n) is 10.7. The minimum atomic E-state index is -1.50. The average Bonchev–Trinajstić information content (AvgIpc) is 3.50. The van der Waals surface area contributed by atoms with Gasteiger partial charge in [0, 0.05) is 16.5 Å². The van der Waals surface area contributed by atoms with Gasteiger partial charge >= 0.3 is 0 Å². The summed E-state index contributed by atoms with van der Waals surface area (Å²) >= 11 is 6.38.